The second-order valence-electron chi connectivity index (χ2n) is 7.44. The Hall–Kier alpha value is -3.35. The Balaban J connectivity index is 1.43. The van der Waals surface area contributed by atoms with Gasteiger partial charge in [-0.3, -0.25) is 9.69 Å². The Kier molecular flexibility index (Phi) is 5.70. The van der Waals surface area contributed by atoms with E-state index in [9.17, 15) is 14.0 Å². The van der Waals surface area contributed by atoms with Crippen molar-refractivity contribution in [2.24, 2.45) is 0 Å². The summed E-state index contributed by atoms with van der Waals surface area (Å²) >= 11 is 0. The Labute approximate surface area is 174 Å². The zero-order valence-electron chi connectivity index (χ0n) is 16.8. The lowest BCUT2D eigenvalue weighted by atomic mass is 9.99. The van der Waals surface area contributed by atoms with Crippen LogP contribution in [0.15, 0.2) is 54.6 Å². The minimum atomic E-state index is -0.542. The molecule has 0 saturated carbocycles. The Morgan fingerprint density at radius 3 is 2.83 bits per heavy atom. The quantitative estimate of drug-likeness (QED) is 0.769. The zero-order chi connectivity index (χ0) is 21.1. The van der Waals surface area contributed by atoms with Crippen molar-refractivity contribution in [3.63, 3.8) is 0 Å². The van der Waals surface area contributed by atoms with Crippen LogP contribution in [0.4, 0.5) is 20.6 Å². The van der Waals surface area contributed by atoms with Crippen LogP contribution in [0.2, 0.25) is 0 Å². The van der Waals surface area contributed by atoms with Gasteiger partial charge in [-0.25, -0.2) is 9.18 Å². The third kappa shape index (κ3) is 4.15. The normalized spacial score (nSPS) is 18.5. The van der Waals surface area contributed by atoms with Crippen molar-refractivity contribution in [2.45, 2.75) is 26.0 Å². The van der Waals surface area contributed by atoms with E-state index in [2.05, 4.69) is 17.4 Å². The maximum absolute atomic E-state index is 14.9. The lowest BCUT2D eigenvalue weighted by Gasteiger charge is -2.31. The molecule has 0 bridgehead atoms. The molecule has 0 aliphatic carbocycles. The number of halogens is 1. The number of allylic oxidation sites excluding steroid dienone is 1. The molecule has 0 spiro atoms. The van der Waals surface area contributed by atoms with Gasteiger partial charge in [0.25, 0.3) is 0 Å². The highest BCUT2D eigenvalue weighted by Gasteiger charge is 2.33. The largest absolute Gasteiger partial charge is 0.442 e. The maximum Gasteiger partial charge on any atom is 0.414 e. The minimum absolute atomic E-state index is 0.208. The first-order chi connectivity index (χ1) is 14.5. The predicted octanol–water partition coefficient (Wildman–Crippen LogP) is 3.41. The Bertz CT molecular complexity index is 991. The molecule has 2 heterocycles. The number of fused-ring (bicyclic) bond motifs is 1. The summed E-state index contributed by atoms with van der Waals surface area (Å²) in [5, 5.41) is 2.68. The standard InChI is InChI=1S/C23H24FN3O3/c1-2-5-22(28)25-13-19-15-27(23(29)30-19)18-8-9-21(20(24)12-18)26-11-10-16-6-3-4-7-17(16)14-26/h2-9,12,19H,10-11,13-15H2,1H3,(H,25,28)/t19-/m0/s1. The smallest absolute Gasteiger partial charge is 0.414 e. The van der Waals surface area contributed by atoms with Gasteiger partial charge < -0.3 is 15.0 Å². The van der Waals surface area contributed by atoms with E-state index in [0.29, 0.717) is 17.9 Å². The molecule has 1 fully saturated rings. The molecule has 0 aromatic heterocycles. The number of nitrogens with one attached hydrogen (secondary N) is 1. The monoisotopic (exact) mass is 409 g/mol. The van der Waals surface area contributed by atoms with Gasteiger partial charge in [0.1, 0.15) is 11.9 Å². The number of hydrogen-bond acceptors (Lipinski definition) is 4. The van der Waals surface area contributed by atoms with Crippen molar-refractivity contribution in [3.8, 4) is 0 Å². The van der Waals surface area contributed by atoms with E-state index >= 15 is 0 Å². The molecule has 156 valence electrons. The fourth-order valence-corrected chi connectivity index (χ4v) is 3.88. The van der Waals surface area contributed by atoms with Crippen LogP contribution in [0.3, 0.4) is 0 Å². The molecule has 1 N–H and O–H groups in total. The third-order valence-corrected chi connectivity index (χ3v) is 5.41. The van der Waals surface area contributed by atoms with Gasteiger partial charge in [-0.05, 0) is 48.7 Å². The van der Waals surface area contributed by atoms with Crippen molar-refractivity contribution in [2.75, 3.05) is 29.4 Å². The fraction of sp³-hybridized carbons (Fsp3) is 0.304. The van der Waals surface area contributed by atoms with Crippen molar-refractivity contribution >= 4 is 23.4 Å². The first-order valence-electron chi connectivity index (χ1n) is 10.0. The first-order valence-corrected chi connectivity index (χ1v) is 10.0. The number of nitrogens with zero attached hydrogens (tertiary/aromatic N) is 2. The van der Waals surface area contributed by atoms with Crippen LogP contribution in [-0.4, -0.2) is 37.7 Å². The molecule has 2 aliphatic rings. The average molecular weight is 409 g/mol. The molecule has 2 aliphatic heterocycles. The van der Waals surface area contributed by atoms with E-state index in [-0.39, 0.29) is 24.8 Å². The molecule has 1 atom stereocenters. The van der Waals surface area contributed by atoms with Crippen LogP contribution < -0.4 is 15.1 Å². The van der Waals surface area contributed by atoms with Crippen molar-refractivity contribution in [3.05, 3.63) is 71.6 Å². The number of hydrogen-bond donors (Lipinski definition) is 1. The second-order valence-corrected chi connectivity index (χ2v) is 7.44. The number of benzene rings is 2. The fourth-order valence-electron chi connectivity index (χ4n) is 3.88. The van der Waals surface area contributed by atoms with Gasteiger partial charge >= 0.3 is 6.09 Å². The summed E-state index contributed by atoms with van der Waals surface area (Å²) in [6.07, 6.45) is 2.89. The minimum Gasteiger partial charge on any atom is -0.442 e. The van der Waals surface area contributed by atoms with Gasteiger partial charge in [0.15, 0.2) is 0 Å². The number of ether oxygens (including phenoxy) is 1. The Morgan fingerprint density at radius 2 is 2.07 bits per heavy atom. The number of rotatable bonds is 5. The molecule has 6 nitrogen and oxygen atoms in total. The van der Waals surface area contributed by atoms with E-state index in [1.807, 2.05) is 17.0 Å². The van der Waals surface area contributed by atoms with Crippen LogP contribution in [0.5, 0.6) is 0 Å². The molecule has 4 rings (SSSR count). The van der Waals surface area contributed by atoms with Crippen molar-refractivity contribution in [1.29, 1.82) is 0 Å². The van der Waals surface area contributed by atoms with Gasteiger partial charge in [0.05, 0.1) is 24.5 Å². The summed E-state index contributed by atoms with van der Waals surface area (Å²) in [6, 6.07) is 13.0. The maximum atomic E-state index is 14.9. The molecule has 0 radical (unpaired) electrons. The lowest BCUT2D eigenvalue weighted by Crippen LogP contribution is -2.33. The highest BCUT2D eigenvalue weighted by Crippen LogP contribution is 2.30. The van der Waals surface area contributed by atoms with Crippen LogP contribution in [0.1, 0.15) is 18.1 Å². The molecule has 2 aromatic carbocycles. The lowest BCUT2D eigenvalue weighted by molar-refractivity contribution is -0.116. The van der Waals surface area contributed by atoms with Gasteiger partial charge in [0, 0.05) is 13.1 Å². The van der Waals surface area contributed by atoms with E-state index in [0.717, 1.165) is 13.0 Å². The molecule has 2 amide bonds. The number of anilines is 2. The number of carbonyl (C=O) groups is 2. The van der Waals surface area contributed by atoms with Crippen molar-refractivity contribution in [1.82, 2.24) is 5.32 Å². The number of carbonyl (C=O) groups excluding carboxylic acids is 2. The van der Waals surface area contributed by atoms with E-state index in [4.69, 9.17) is 4.74 Å². The number of cyclic esters (lactones) is 1. The molecule has 1 saturated heterocycles. The summed E-state index contributed by atoms with van der Waals surface area (Å²) in [5.41, 5.74) is 3.48. The molecule has 2 aromatic rings. The second kappa shape index (κ2) is 8.57. The van der Waals surface area contributed by atoms with E-state index in [1.165, 1.54) is 28.2 Å². The van der Waals surface area contributed by atoms with Crippen LogP contribution in [-0.2, 0) is 22.5 Å². The third-order valence-electron chi connectivity index (χ3n) is 5.41. The summed E-state index contributed by atoms with van der Waals surface area (Å²) in [4.78, 5) is 27.2. The molecule has 0 unspecified atom stereocenters. The van der Waals surface area contributed by atoms with Gasteiger partial charge in [-0.15, -0.1) is 0 Å². The van der Waals surface area contributed by atoms with Crippen LogP contribution in [0.25, 0.3) is 0 Å². The molecule has 7 heteroatoms. The molecule has 30 heavy (non-hydrogen) atoms. The van der Waals surface area contributed by atoms with Crippen LogP contribution >= 0.6 is 0 Å². The predicted molar refractivity (Wildman–Crippen MR) is 113 cm³/mol. The van der Waals surface area contributed by atoms with Gasteiger partial charge in [-0.2, -0.15) is 0 Å². The van der Waals surface area contributed by atoms with E-state index < -0.39 is 12.2 Å². The summed E-state index contributed by atoms with van der Waals surface area (Å²) < 4.78 is 20.2. The topological polar surface area (TPSA) is 61.9 Å². The van der Waals surface area contributed by atoms with E-state index in [1.54, 1.807) is 25.1 Å². The highest BCUT2D eigenvalue weighted by atomic mass is 19.1. The SMILES string of the molecule is CC=CC(=O)NC[C@H]1CN(c2ccc(N3CCc4ccccc4C3)c(F)c2)C(=O)O1. The number of amides is 2. The van der Waals surface area contributed by atoms with Gasteiger partial charge in [-0.1, -0.05) is 30.3 Å². The summed E-state index contributed by atoms with van der Waals surface area (Å²) in [5.74, 6) is -0.616. The van der Waals surface area contributed by atoms with Gasteiger partial charge in [0.2, 0.25) is 5.91 Å². The Morgan fingerprint density at radius 1 is 1.27 bits per heavy atom. The molecular weight excluding hydrogens is 385 g/mol. The zero-order valence-corrected chi connectivity index (χ0v) is 16.8. The average Bonchev–Trinajstić information content (AvgIpc) is 3.12. The highest BCUT2D eigenvalue weighted by molar-refractivity contribution is 5.90. The van der Waals surface area contributed by atoms with Crippen LogP contribution in [0, 0.1) is 5.82 Å². The molecular formula is C23H24FN3O3. The first kappa shape index (κ1) is 19.9. The van der Waals surface area contributed by atoms with Crippen molar-refractivity contribution < 1.29 is 18.7 Å². The summed E-state index contributed by atoms with van der Waals surface area (Å²) in [7, 11) is 0. The summed E-state index contributed by atoms with van der Waals surface area (Å²) in [6.45, 7) is 3.61.